The molecule has 2 aromatic rings. The predicted octanol–water partition coefficient (Wildman–Crippen LogP) is 1.55. The van der Waals surface area contributed by atoms with Crippen molar-refractivity contribution in [1.82, 2.24) is 0 Å². The van der Waals surface area contributed by atoms with Crippen LogP contribution in [-0.4, -0.2) is 0 Å². The molecule has 0 nitrogen and oxygen atoms in total. The molecule has 0 saturated carbocycles. The zero-order valence-corrected chi connectivity index (χ0v) is 24.8. The number of benzene rings is 2. The maximum absolute atomic E-state index is 2.47. The molecule has 2 aromatic carbocycles. The van der Waals surface area contributed by atoms with Gasteiger partial charge in [-0.25, -0.2) is 0 Å². The number of allylic oxidation sites excluding steroid dienone is 5. The van der Waals surface area contributed by atoms with Crippen LogP contribution in [0.2, 0.25) is 0 Å². The minimum absolute atomic E-state index is 0. The van der Waals surface area contributed by atoms with Crippen molar-refractivity contribution >= 4 is 6.08 Å². The Morgan fingerprint density at radius 2 is 1.45 bits per heavy atom. The monoisotopic (exact) mass is 684 g/mol. The summed E-state index contributed by atoms with van der Waals surface area (Å²) in [7, 11) is 0. The van der Waals surface area contributed by atoms with Gasteiger partial charge in [-0.3, -0.25) is 0 Å². The molecule has 1 atom stereocenters. The van der Waals surface area contributed by atoms with Crippen LogP contribution >= 0.6 is 0 Å². The molecular formula is C26H28I2Zr. The summed E-state index contributed by atoms with van der Waals surface area (Å²) in [6, 6.07) is 17.8. The first-order valence-electron chi connectivity index (χ1n) is 9.85. The Morgan fingerprint density at radius 1 is 0.793 bits per heavy atom. The Balaban J connectivity index is 0.00000150. The smallest absolute Gasteiger partial charge is 1.00 e. The fraction of sp³-hybridized carbons (Fsp3) is 0.308. The van der Waals surface area contributed by atoms with E-state index in [-0.39, 0.29) is 53.4 Å². The SMILES string of the molecule is CC1=Cc2c(-c3ccccc3)cccc2[CH]1[Zr+2][C]1=C(C)C(C)=C(C)C1(C)C.[I-].[I-]. The van der Waals surface area contributed by atoms with E-state index in [1.807, 2.05) is 0 Å². The van der Waals surface area contributed by atoms with E-state index in [1.54, 1.807) is 25.6 Å². The minimum Gasteiger partial charge on any atom is -1.00 e. The summed E-state index contributed by atoms with van der Waals surface area (Å²) in [6.45, 7) is 14.2. The Kier molecular flexibility index (Phi) is 8.41. The van der Waals surface area contributed by atoms with Crippen molar-refractivity contribution in [1.29, 1.82) is 0 Å². The molecule has 2 aliphatic rings. The van der Waals surface area contributed by atoms with Crippen LogP contribution < -0.4 is 48.0 Å². The topological polar surface area (TPSA) is 0 Å². The number of hydrogen-bond acceptors (Lipinski definition) is 0. The standard InChI is InChI=1S/C16H13.C10H15.2HI.Zr/c1-12-10-14-8-5-9-15(16(14)11-12)13-6-3-2-4-7-13;1-7-6-10(4,5)9(3)8(7)2;;;/h2-11H,1H3;1-5H3;2*1H;/q;;;;+2/p-2. The average Bonchev–Trinajstić information content (AvgIpc) is 3.05. The van der Waals surface area contributed by atoms with Crippen LogP contribution in [0.4, 0.5) is 0 Å². The molecule has 3 heteroatoms. The van der Waals surface area contributed by atoms with Gasteiger partial charge < -0.3 is 48.0 Å². The van der Waals surface area contributed by atoms with Crippen LogP contribution in [0.3, 0.4) is 0 Å². The first-order chi connectivity index (χ1) is 12.8. The molecule has 0 heterocycles. The Hall–Kier alpha value is 0.00312. The molecule has 29 heavy (non-hydrogen) atoms. The van der Waals surface area contributed by atoms with E-state index in [9.17, 15) is 0 Å². The summed E-state index contributed by atoms with van der Waals surface area (Å²) in [4.78, 5) is 0. The number of halogens is 2. The second kappa shape index (κ2) is 9.65. The van der Waals surface area contributed by atoms with Crippen LogP contribution in [0.25, 0.3) is 17.2 Å². The second-order valence-electron chi connectivity index (χ2n) is 8.52. The van der Waals surface area contributed by atoms with Crippen molar-refractivity contribution in [3.63, 3.8) is 0 Å². The molecule has 0 fully saturated rings. The summed E-state index contributed by atoms with van der Waals surface area (Å²) in [5, 5.41) is 0. The fourth-order valence-corrected chi connectivity index (χ4v) is 9.46. The van der Waals surface area contributed by atoms with Crippen LogP contribution in [0.1, 0.15) is 56.3 Å². The first kappa shape index (κ1) is 25.3. The van der Waals surface area contributed by atoms with Gasteiger partial charge in [0.15, 0.2) is 0 Å². The van der Waals surface area contributed by atoms with Crippen LogP contribution in [0.15, 0.2) is 74.1 Å². The Morgan fingerprint density at radius 3 is 2.03 bits per heavy atom. The van der Waals surface area contributed by atoms with Crippen molar-refractivity contribution in [3.05, 3.63) is 85.2 Å². The van der Waals surface area contributed by atoms with Crippen LogP contribution in [-0.2, 0) is 23.2 Å². The summed E-state index contributed by atoms with van der Waals surface area (Å²) >= 11 is -0.783. The third-order valence-corrected chi connectivity index (χ3v) is 12.5. The van der Waals surface area contributed by atoms with Crippen molar-refractivity contribution in [2.75, 3.05) is 0 Å². The molecule has 1 unspecified atom stereocenters. The van der Waals surface area contributed by atoms with E-state index in [0.29, 0.717) is 3.63 Å². The number of rotatable bonds is 3. The molecular weight excluding hydrogens is 657 g/mol. The van der Waals surface area contributed by atoms with Crippen LogP contribution in [0.5, 0.6) is 0 Å². The maximum Gasteiger partial charge on any atom is -1.00 e. The molecule has 0 aliphatic heterocycles. The summed E-state index contributed by atoms with van der Waals surface area (Å²) < 4.78 is 2.45. The van der Waals surface area contributed by atoms with Crippen LogP contribution in [0, 0.1) is 5.41 Å². The van der Waals surface area contributed by atoms with Crippen molar-refractivity contribution < 1.29 is 71.2 Å². The van der Waals surface area contributed by atoms with Gasteiger partial charge in [0, 0.05) is 0 Å². The van der Waals surface area contributed by atoms with E-state index in [0.717, 1.165) is 0 Å². The largest absolute Gasteiger partial charge is 1.00 e. The molecule has 0 aromatic heterocycles. The van der Waals surface area contributed by atoms with Gasteiger partial charge in [0.2, 0.25) is 0 Å². The third kappa shape index (κ3) is 4.35. The minimum atomic E-state index is -0.783. The van der Waals surface area contributed by atoms with Gasteiger partial charge >= 0.3 is 176 Å². The summed E-state index contributed by atoms with van der Waals surface area (Å²) in [5.74, 6) is 0. The average molecular weight is 686 g/mol. The van der Waals surface area contributed by atoms with Gasteiger partial charge in [-0.1, -0.05) is 0 Å². The van der Waals surface area contributed by atoms with Crippen molar-refractivity contribution in [2.24, 2.45) is 5.41 Å². The summed E-state index contributed by atoms with van der Waals surface area (Å²) in [5.41, 5.74) is 12.3. The van der Waals surface area contributed by atoms with E-state index in [4.69, 9.17) is 0 Å². The molecule has 0 radical (unpaired) electrons. The quantitative estimate of drug-likeness (QED) is 0.431. The maximum atomic E-state index is 2.47. The molecule has 0 amide bonds. The normalized spacial score (nSPS) is 19.2. The Bertz CT molecular complexity index is 1010. The van der Waals surface area contributed by atoms with Gasteiger partial charge in [0.05, 0.1) is 0 Å². The molecule has 0 saturated heterocycles. The molecule has 0 N–H and O–H groups in total. The predicted molar refractivity (Wildman–Crippen MR) is 113 cm³/mol. The molecule has 0 spiro atoms. The molecule has 150 valence electrons. The van der Waals surface area contributed by atoms with Gasteiger partial charge in [0.25, 0.3) is 0 Å². The summed E-state index contributed by atoms with van der Waals surface area (Å²) in [6.07, 6.45) is 2.47. The zero-order valence-electron chi connectivity index (χ0n) is 18.0. The van der Waals surface area contributed by atoms with E-state index in [1.165, 1.54) is 22.3 Å². The molecule has 4 rings (SSSR count). The second-order valence-corrected chi connectivity index (χ2v) is 11.9. The molecule has 0 bridgehead atoms. The van der Waals surface area contributed by atoms with E-state index >= 15 is 0 Å². The Labute approximate surface area is 222 Å². The zero-order chi connectivity index (χ0) is 19.3. The van der Waals surface area contributed by atoms with Gasteiger partial charge in [-0.05, 0) is 0 Å². The fourth-order valence-electron chi connectivity index (χ4n) is 4.64. The van der Waals surface area contributed by atoms with Crippen molar-refractivity contribution in [3.8, 4) is 11.1 Å². The van der Waals surface area contributed by atoms with Gasteiger partial charge in [-0.2, -0.15) is 0 Å². The first-order valence-corrected chi connectivity index (χ1v) is 12.5. The number of hydrogen-bond donors (Lipinski definition) is 0. The third-order valence-electron chi connectivity index (χ3n) is 6.71. The van der Waals surface area contributed by atoms with Gasteiger partial charge in [0.1, 0.15) is 0 Å². The van der Waals surface area contributed by atoms with Crippen molar-refractivity contribution in [2.45, 2.75) is 45.2 Å². The van der Waals surface area contributed by atoms with Gasteiger partial charge in [-0.15, -0.1) is 0 Å². The van der Waals surface area contributed by atoms with E-state index in [2.05, 4.69) is 96.1 Å². The number of fused-ring (bicyclic) bond motifs is 1. The van der Waals surface area contributed by atoms with E-state index < -0.39 is 23.2 Å². The molecule has 2 aliphatic carbocycles.